The summed E-state index contributed by atoms with van der Waals surface area (Å²) in [6.45, 7) is 12.3. The summed E-state index contributed by atoms with van der Waals surface area (Å²) < 4.78 is 7.97. The maximum absolute atomic E-state index is 5.87. The van der Waals surface area contributed by atoms with Gasteiger partial charge in [-0.15, -0.1) is 0 Å². The first-order valence-electron chi connectivity index (χ1n) is 7.35. The summed E-state index contributed by atoms with van der Waals surface area (Å²) in [7, 11) is 2.00. The van der Waals surface area contributed by atoms with Crippen LogP contribution in [0.3, 0.4) is 0 Å². The zero-order chi connectivity index (χ0) is 14.5. The Balaban J connectivity index is 2.88. The first-order chi connectivity index (χ1) is 8.98. The topological polar surface area (TPSA) is 39.1 Å². The average molecular weight is 267 g/mol. The number of hydrogen-bond donors (Lipinski definition) is 1. The Labute approximate surface area is 117 Å². The molecule has 0 aliphatic carbocycles. The van der Waals surface area contributed by atoms with Gasteiger partial charge in [-0.1, -0.05) is 6.92 Å². The van der Waals surface area contributed by atoms with Gasteiger partial charge in [-0.2, -0.15) is 5.10 Å². The highest BCUT2D eigenvalue weighted by Gasteiger charge is 2.29. The highest BCUT2D eigenvalue weighted by atomic mass is 16.5. The van der Waals surface area contributed by atoms with Crippen molar-refractivity contribution in [2.75, 3.05) is 13.7 Å². The lowest BCUT2D eigenvalue weighted by atomic mass is 9.94. The number of aryl methyl sites for hydroxylation is 2. The third-order valence-corrected chi connectivity index (χ3v) is 3.69. The number of likely N-dealkylation sites (N-methyl/N-ethyl adjacent to an activating group) is 1. The summed E-state index contributed by atoms with van der Waals surface area (Å²) in [6, 6.07) is 2.50. The number of nitrogens with one attached hydrogen (secondary N) is 1. The lowest BCUT2D eigenvalue weighted by molar-refractivity contribution is -0.0367. The van der Waals surface area contributed by atoms with Crippen LogP contribution in [0, 0.1) is 0 Å². The first kappa shape index (κ1) is 16.2. The molecule has 1 heterocycles. The molecule has 4 nitrogen and oxygen atoms in total. The van der Waals surface area contributed by atoms with Crippen molar-refractivity contribution in [2.24, 2.45) is 0 Å². The van der Waals surface area contributed by atoms with E-state index in [0.29, 0.717) is 0 Å². The summed E-state index contributed by atoms with van der Waals surface area (Å²) in [6.07, 6.45) is 1.92. The van der Waals surface area contributed by atoms with Crippen molar-refractivity contribution in [3.05, 3.63) is 17.5 Å². The highest BCUT2D eigenvalue weighted by molar-refractivity contribution is 5.13. The molecular weight excluding hydrogens is 238 g/mol. The monoisotopic (exact) mass is 267 g/mol. The summed E-state index contributed by atoms with van der Waals surface area (Å²) in [4.78, 5) is 0. The minimum Gasteiger partial charge on any atom is -0.374 e. The maximum atomic E-state index is 5.87. The second-order valence-electron chi connectivity index (χ2n) is 5.38. The van der Waals surface area contributed by atoms with Crippen LogP contribution in [0.2, 0.25) is 0 Å². The minimum atomic E-state index is -0.182. The lowest BCUT2D eigenvalue weighted by Crippen LogP contribution is -2.48. The fraction of sp³-hybridized carbons (Fsp3) is 0.800. The number of nitrogens with zero attached hydrogens (tertiary/aromatic N) is 2. The summed E-state index contributed by atoms with van der Waals surface area (Å²) in [5.74, 6) is 0. The van der Waals surface area contributed by atoms with Gasteiger partial charge in [0.05, 0.1) is 11.3 Å². The predicted octanol–water partition coefficient (Wildman–Crippen LogP) is 2.41. The van der Waals surface area contributed by atoms with Gasteiger partial charge in [0.25, 0.3) is 0 Å². The standard InChI is InChI=1S/C15H29N3O/c1-7-12-10-13(18(8-2)17-12)11-14(16-6)15(4,5)19-9-3/h10,14,16H,7-9,11H2,1-6H3. The molecule has 0 aliphatic heterocycles. The van der Waals surface area contributed by atoms with Crippen LogP contribution in [-0.2, 0) is 24.1 Å². The largest absolute Gasteiger partial charge is 0.374 e. The van der Waals surface area contributed by atoms with Crippen molar-refractivity contribution in [1.29, 1.82) is 0 Å². The van der Waals surface area contributed by atoms with Gasteiger partial charge in [-0.25, -0.2) is 0 Å². The van der Waals surface area contributed by atoms with Gasteiger partial charge in [0.15, 0.2) is 0 Å². The average Bonchev–Trinajstić information content (AvgIpc) is 2.77. The van der Waals surface area contributed by atoms with Crippen LogP contribution in [0.25, 0.3) is 0 Å². The lowest BCUT2D eigenvalue weighted by Gasteiger charge is -2.34. The van der Waals surface area contributed by atoms with Gasteiger partial charge in [0, 0.05) is 31.3 Å². The Morgan fingerprint density at radius 1 is 1.37 bits per heavy atom. The Morgan fingerprint density at radius 3 is 2.53 bits per heavy atom. The Kier molecular flexibility index (Phi) is 6.01. The maximum Gasteiger partial charge on any atom is 0.0782 e. The normalized spacial score (nSPS) is 13.8. The molecule has 0 radical (unpaired) electrons. The SMILES string of the molecule is CCOC(C)(C)C(Cc1cc(CC)nn1CC)NC. The molecule has 0 fully saturated rings. The molecule has 1 rings (SSSR count). The first-order valence-corrected chi connectivity index (χ1v) is 7.35. The molecule has 1 aromatic rings. The second kappa shape index (κ2) is 7.06. The predicted molar refractivity (Wildman–Crippen MR) is 79.5 cm³/mol. The van der Waals surface area contributed by atoms with E-state index in [1.165, 1.54) is 11.4 Å². The van der Waals surface area contributed by atoms with E-state index in [-0.39, 0.29) is 11.6 Å². The third kappa shape index (κ3) is 4.05. The number of hydrogen-bond acceptors (Lipinski definition) is 3. The molecule has 1 atom stereocenters. The van der Waals surface area contributed by atoms with E-state index >= 15 is 0 Å². The van der Waals surface area contributed by atoms with E-state index in [0.717, 1.165) is 26.0 Å². The van der Waals surface area contributed by atoms with Gasteiger partial charge >= 0.3 is 0 Å². The Morgan fingerprint density at radius 2 is 2.05 bits per heavy atom. The quantitative estimate of drug-likeness (QED) is 0.786. The van der Waals surface area contributed by atoms with Crippen molar-refractivity contribution in [1.82, 2.24) is 15.1 Å². The van der Waals surface area contributed by atoms with Gasteiger partial charge in [-0.05, 0) is 47.2 Å². The van der Waals surface area contributed by atoms with Crippen LogP contribution < -0.4 is 5.32 Å². The van der Waals surface area contributed by atoms with E-state index in [1.807, 2.05) is 14.0 Å². The van der Waals surface area contributed by atoms with E-state index in [9.17, 15) is 0 Å². The van der Waals surface area contributed by atoms with E-state index in [1.54, 1.807) is 0 Å². The van der Waals surface area contributed by atoms with E-state index < -0.39 is 0 Å². The Bertz CT molecular complexity index is 385. The number of rotatable bonds is 8. The van der Waals surface area contributed by atoms with Crippen LogP contribution in [-0.4, -0.2) is 35.1 Å². The summed E-state index contributed by atoms with van der Waals surface area (Å²) in [5.41, 5.74) is 2.27. The van der Waals surface area contributed by atoms with Crippen LogP contribution >= 0.6 is 0 Å². The molecule has 0 aromatic carbocycles. The van der Waals surface area contributed by atoms with Crippen molar-refractivity contribution < 1.29 is 4.74 Å². The second-order valence-corrected chi connectivity index (χ2v) is 5.38. The molecular formula is C15H29N3O. The molecule has 0 amide bonds. The molecule has 1 N–H and O–H groups in total. The van der Waals surface area contributed by atoms with Crippen LogP contribution in [0.15, 0.2) is 6.07 Å². The van der Waals surface area contributed by atoms with Gasteiger partial charge in [0.2, 0.25) is 0 Å². The number of aromatic nitrogens is 2. The van der Waals surface area contributed by atoms with E-state index in [2.05, 4.69) is 48.9 Å². The van der Waals surface area contributed by atoms with Crippen molar-refractivity contribution in [3.63, 3.8) is 0 Å². The van der Waals surface area contributed by atoms with Crippen molar-refractivity contribution in [2.45, 2.75) is 65.6 Å². The van der Waals surface area contributed by atoms with Crippen LogP contribution in [0.1, 0.15) is 46.0 Å². The number of ether oxygens (including phenoxy) is 1. The molecule has 110 valence electrons. The molecule has 0 aliphatic rings. The van der Waals surface area contributed by atoms with Crippen LogP contribution in [0.5, 0.6) is 0 Å². The fourth-order valence-electron chi connectivity index (χ4n) is 2.50. The molecule has 0 saturated carbocycles. The zero-order valence-electron chi connectivity index (χ0n) is 13.3. The van der Waals surface area contributed by atoms with E-state index in [4.69, 9.17) is 4.74 Å². The molecule has 19 heavy (non-hydrogen) atoms. The zero-order valence-corrected chi connectivity index (χ0v) is 13.3. The van der Waals surface area contributed by atoms with Crippen molar-refractivity contribution >= 4 is 0 Å². The smallest absolute Gasteiger partial charge is 0.0782 e. The van der Waals surface area contributed by atoms with Gasteiger partial charge in [-0.3, -0.25) is 4.68 Å². The fourth-order valence-corrected chi connectivity index (χ4v) is 2.50. The summed E-state index contributed by atoms with van der Waals surface area (Å²) in [5, 5.41) is 8.00. The van der Waals surface area contributed by atoms with Gasteiger partial charge in [0.1, 0.15) is 0 Å². The Hall–Kier alpha value is -0.870. The molecule has 1 aromatic heterocycles. The minimum absolute atomic E-state index is 0.182. The molecule has 0 bridgehead atoms. The van der Waals surface area contributed by atoms with Gasteiger partial charge < -0.3 is 10.1 Å². The molecule has 0 saturated heterocycles. The molecule has 0 spiro atoms. The third-order valence-electron chi connectivity index (χ3n) is 3.69. The van der Waals surface area contributed by atoms with Crippen molar-refractivity contribution in [3.8, 4) is 0 Å². The molecule has 1 unspecified atom stereocenters. The highest BCUT2D eigenvalue weighted by Crippen LogP contribution is 2.19. The van der Waals surface area contributed by atoms with Crippen LogP contribution in [0.4, 0.5) is 0 Å². The molecule has 4 heteroatoms. The summed E-state index contributed by atoms with van der Waals surface area (Å²) >= 11 is 0.